The molecule has 0 aliphatic rings. The van der Waals surface area contributed by atoms with Crippen LogP contribution in [0.25, 0.3) is 0 Å². The topological polar surface area (TPSA) is 107 Å². The van der Waals surface area contributed by atoms with Crippen LogP contribution in [0, 0.1) is 0 Å². The number of benzene rings is 1. The van der Waals surface area contributed by atoms with E-state index in [1.165, 1.54) is 18.2 Å². The predicted molar refractivity (Wildman–Crippen MR) is 74.6 cm³/mol. The molecule has 0 radical (unpaired) electrons. The Bertz CT molecular complexity index is 646. The van der Waals surface area contributed by atoms with Crippen LogP contribution in [0.5, 0.6) is 0 Å². The zero-order chi connectivity index (χ0) is 17.9. The average molecular weight is 356 g/mol. The number of aliphatic hydroxyl groups is 2. The Hall–Kier alpha value is -1.69. The smallest absolute Gasteiger partial charge is 0.395 e. The van der Waals surface area contributed by atoms with Gasteiger partial charge in [-0.15, -0.1) is 0 Å². The van der Waals surface area contributed by atoms with E-state index >= 15 is 0 Å². The van der Waals surface area contributed by atoms with Crippen molar-refractivity contribution < 1.29 is 36.6 Å². The van der Waals surface area contributed by atoms with Gasteiger partial charge in [-0.3, -0.25) is 4.79 Å². The molecule has 0 saturated heterocycles. The number of carbonyl (C=O) groups excluding carboxylic acids is 1. The van der Waals surface area contributed by atoms with Crippen LogP contribution in [-0.2, 0) is 15.0 Å². The largest absolute Gasteiger partial charge is 0.426 e. The lowest BCUT2D eigenvalue weighted by molar-refractivity contribution is -0.243. The molecule has 3 N–H and O–H groups in total. The molecule has 1 aromatic carbocycles. The van der Waals surface area contributed by atoms with Gasteiger partial charge in [0.2, 0.25) is 5.60 Å². The first kappa shape index (κ1) is 19.4. The van der Waals surface area contributed by atoms with E-state index in [2.05, 4.69) is 0 Å². The number of alkyl halides is 3. The molecule has 0 aliphatic carbocycles. The summed E-state index contributed by atoms with van der Waals surface area (Å²) in [5.74, 6) is -2.10. The van der Waals surface area contributed by atoms with Gasteiger partial charge in [-0.05, 0) is 19.1 Å². The van der Waals surface area contributed by atoms with Gasteiger partial charge in [-0.25, -0.2) is 0 Å². The Balaban J connectivity index is 3.40. The number of amides is 1. The van der Waals surface area contributed by atoms with Gasteiger partial charge in [0.1, 0.15) is 0 Å². The summed E-state index contributed by atoms with van der Waals surface area (Å²) in [5, 5.41) is 18.1. The normalized spacial score (nSPS) is 15.0. The molecular formula is C12H15F3N2O5S. The summed E-state index contributed by atoms with van der Waals surface area (Å²) in [6, 6.07) is 6.24. The Morgan fingerprint density at radius 2 is 1.78 bits per heavy atom. The van der Waals surface area contributed by atoms with E-state index in [1.54, 1.807) is 4.72 Å². The van der Waals surface area contributed by atoms with Gasteiger partial charge < -0.3 is 10.2 Å². The van der Waals surface area contributed by atoms with Crippen LogP contribution < -0.4 is 9.03 Å². The second kappa shape index (κ2) is 6.83. The molecule has 23 heavy (non-hydrogen) atoms. The third-order valence-electron chi connectivity index (χ3n) is 2.78. The molecule has 0 aromatic heterocycles. The molecule has 0 fully saturated rings. The molecule has 1 aromatic rings. The Morgan fingerprint density at radius 3 is 2.22 bits per heavy atom. The summed E-state index contributed by atoms with van der Waals surface area (Å²) in [4.78, 5) is 12.1. The average Bonchev–Trinajstić information content (AvgIpc) is 2.45. The van der Waals surface area contributed by atoms with Crippen molar-refractivity contribution >= 4 is 21.8 Å². The number of hydrogen-bond acceptors (Lipinski definition) is 5. The molecule has 1 unspecified atom stereocenters. The zero-order valence-electron chi connectivity index (χ0n) is 11.9. The van der Waals surface area contributed by atoms with Crippen molar-refractivity contribution in [3.05, 3.63) is 30.3 Å². The molecule has 0 saturated carbocycles. The van der Waals surface area contributed by atoms with E-state index in [0.717, 1.165) is 12.1 Å². The minimum Gasteiger partial charge on any atom is -0.395 e. The molecule has 7 nitrogen and oxygen atoms in total. The van der Waals surface area contributed by atoms with E-state index in [9.17, 15) is 31.5 Å². The Morgan fingerprint density at radius 1 is 1.26 bits per heavy atom. The van der Waals surface area contributed by atoms with Crippen molar-refractivity contribution in [3.8, 4) is 0 Å². The van der Waals surface area contributed by atoms with Crippen LogP contribution in [0.2, 0.25) is 0 Å². The molecule has 11 heteroatoms. The number of nitrogens with one attached hydrogen (secondary N) is 1. The number of halogens is 3. The predicted octanol–water partition coefficient (Wildman–Crippen LogP) is 0.160. The fourth-order valence-electron chi connectivity index (χ4n) is 1.49. The van der Waals surface area contributed by atoms with Crippen molar-refractivity contribution in [1.29, 1.82) is 0 Å². The summed E-state index contributed by atoms with van der Waals surface area (Å²) in [6.07, 6.45) is -5.39. The van der Waals surface area contributed by atoms with E-state index in [4.69, 9.17) is 5.11 Å². The molecule has 0 aliphatic heterocycles. The number of rotatable bonds is 6. The molecule has 0 bridgehead atoms. The van der Waals surface area contributed by atoms with Crippen molar-refractivity contribution in [1.82, 2.24) is 4.72 Å². The third-order valence-corrected chi connectivity index (χ3v) is 4.21. The Kier molecular flexibility index (Phi) is 5.74. The quantitative estimate of drug-likeness (QED) is 0.673. The summed E-state index contributed by atoms with van der Waals surface area (Å²) >= 11 is 0. The highest BCUT2D eigenvalue weighted by molar-refractivity contribution is 7.91. The zero-order valence-corrected chi connectivity index (χ0v) is 12.7. The number of para-hydroxylation sites is 1. The van der Waals surface area contributed by atoms with Crippen LogP contribution >= 0.6 is 0 Å². The van der Waals surface area contributed by atoms with Crippen LogP contribution in [0.3, 0.4) is 0 Å². The number of hydrogen-bond donors (Lipinski definition) is 3. The van der Waals surface area contributed by atoms with Crippen molar-refractivity contribution in [2.75, 3.05) is 17.5 Å². The monoisotopic (exact) mass is 356 g/mol. The number of carbonyl (C=O) groups is 1. The minimum atomic E-state index is -5.39. The first-order chi connectivity index (χ1) is 10.4. The van der Waals surface area contributed by atoms with Crippen LogP contribution in [0.1, 0.15) is 6.92 Å². The molecule has 1 amide bonds. The van der Waals surface area contributed by atoms with E-state index < -0.39 is 46.7 Å². The summed E-state index contributed by atoms with van der Waals surface area (Å²) in [5.41, 5.74) is -4.32. The standard InChI is InChI=1S/C12H15F3N2O5S/c1-11(20,12(13,14)15)10(19)17(9-5-3-2-4-6-9)23(21,22)16-7-8-18/h2-6,16,18,20H,7-8H2,1H3. The maximum Gasteiger partial charge on any atom is 0.426 e. The van der Waals surface area contributed by atoms with Gasteiger partial charge in [0, 0.05) is 6.54 Å². The van der Waals surface area contributed by atoms with Crippen molar-refractivity contribution in [3.63, 3.8) is 0 Å². The van der Waals surface area contributed by atoms with Gasteiger partial charge in [0.15, 0.2) is 0 Å². The highest BCUT2D eigenvalue weighted by atomic mass is 32.2. The van der Waals surface area contributed by atoms with Gasteiger partial charge in [-0.2, -0.15) is 30.6 Å². The van der Waals surface area contributed by atoms with E-state index in [1.807, 2.05) is 0 Å². The van der Waals surface area contributed by atoms with E-state index in [0.29, 0.717) is 0 Å². The number of aliphatic hydroxyl groups excluding tert-OH is 1. The lowest BCUT2D eigenvalue weighted by Gasteiger charge is -2.31. The number of nitrogens with zero attached hydrogens (tertiary/aromatic N) is 1. The summed E-state index contributed by atoms with van der Waals surface area (Å²) in [6.45, 7) is -0.994. The fourth-order valence-corrected chi connectivity index (χ4v) is 2.76. The molecule has 0 heterocycles. The first-order valence-electron chi connectivity index (χ1n) is 6.24. The van der Waals surface area contributed by atoms with Crippen LogP contribution in [-0.4, -0.2) is 49.5 Å². The molecule has 0 spiro atoms. The van der Waals surface area contributed by atoms with Gasteiger partial charge in [0.25, 0.3) is 5.91 Å². The second-order valence-electron chi connectivity index (χ2n) is 4.60. The minimum absolute atomic E-state index is 0.160. The summed E-state index contributed by atoms with van der Waals surface area (Å²) < 4.78 is 64.3. The van der Waals surface area contributed by atoms with Crippen LogP contribution in [0.4, 0.5) is 18.9 Å². The molecular weight excluding hydrogens is 341 g/mol. The maximum absolute atomic E-state index is 12.8. The highest BCUT2D eigenvalue weighted by Gasteiger charge is 2.59. The first-order valence-corrected chi connectivity index (χ1v) is 7.68. The highest BCUT2D eigenvalue weighted by Crippen LogP contribution is 2.33. The summed E-state index contributed by atoms with van der Waals surface area (Å²) in [7, 11) is -4.77. The molecule has 130 valence electrons. The lowest BCUT2D eigenvalue weighted by atomic mass is 10.1. The number of anilines is 1. The maximum atomic E-state index is 12.8. The second-order valence-corrected chi connectivity index (χ2v) is 6.20. The SMILES string of the molecule is CC(O)(C(=O)N(c1ccccc1)S(=O)(=O)NCCO)C(F)(F)F. The van der Waals surface area contributed by atoms with Gasteiger partial charge in [-0.1, -0.05) is 18.2 Å². The fraction of sp³-hybridized carbons (Fsp3) is 0.417. The molecule has 1 atom stereocenters. The van der Waals surface area contributed by atoms with E-state index in [-0.39, 0.29) is 11.2 Å². The van der Waals surface area contributed by atoms with Crippen molar-refractivity contribution in [2.24, 2.45) is 0 Å². The van der Waals surface area contributed by atoms with Crippen LogP contribution in [0.15, 0.2) is 30.3 Å². The molecule has 1 rings (SSSR count). The third kappa shape index (κ3) is 4.19. The Labute approximate surface area is 130 Å². The van der Waals surface area contributed by atoms with Crippen molar-refractivity contribution in [2.45, 2.75) is 18.7 Å². The lowest BCUT2D eigenvalue weighted by Crippen LogP contribution is -2.59. The van der Waals surface area contributed by atoms with Gasteiger partial charge in [0.05, 0.1) is 12.3 Å². The van der Waals surface area contributed by atoms with Gasteiger partial charge >= 0.3 is 16.4 Å².